The summed E-state index contributed by atoms with van der Waals surface area (Å²) in [7, 11) is -2.14. The molecule has 0 bridgehead atoms. The van der Waals surface area contributed by atoms with Crippen LogP contribution in [0.2, 0.25) is 0 Å². The monoisotopic (exact) mass is 212 g/mol. The van der Waals surface area contributed by atoms with Crippen LogP contribution in [-0.2, 0) is 10.0 Å². The van der Waals surface area contributed by atoms with E-state index in [1.807, 2.05) is 0 Å². The van der Waals surface area contributed by atoms with Gasteiger partial charge in [-0.25, -0.2) is 18.1 Å². The summed E-state index contributed by atoms with van der Waals surface area (Å²) in [6.07, 6.45) is 1.55. The summed E-state index contributed by atoms with van der Waals surface area (Å²) < 4.78 is 25.1. The summed E-state index contributed by atoms with van der Waals surface area (Å²) in [6.45, 7) is 0. The van der Waals surface area contributed by atoms with Crippen molar-refractivity contribution in [2.45, 2.75) is 5.03 Å². The highest BCUT2D eigenvalue weighted by Crippen LogP contribution is 2.16. The molecule has 0 saturated carbocycles. The number of H-pyrrole nitrogens is 1. The second-order valence-electron chi connectivity index (χ2n) is 2.63. The number of pyridine rings is 1. The summed E-state index contributed by atoms with van der Waals surface area (Å²) >= 11 is 0. The van der Waals surface area contributed by atoms with Gasteiger partial charge in [0.05, 0.1) is 5.39 Å². The van der Waals surface area contributed by atoms with Crippen LogP contribution in [0.1, 0.15) is 0 Å². The van der Waals surface area contributed by atoms with Crippen LogP contribution in [0.5, 0.6) is 0 Å². The smallest absolute Gasteiger partial charge is 0.257 e. The van der Waals surface area contributed by atoms with E-state index in [0.717, 1.165) is 0 Å². The fourth-order valence-corrected chi connectivity index (χ4v) is 1.95. The number of fused-ring (bicyclic) bond motifs is 1. The van der Waals surface area contributed by atoms with Gasteiger partial charge in [-0.2, -0.15) is 5.10 Å². The molecule has 2 N–H and O–H groups in total. The van der Waals surface area contributed by atoms with Crippen molar-refractivity contribution in [1.82, 2.24) is 19.9 Å². The molecule has 0 aromatic carbocycles. The van der Waals surface area contributed by atoms with Gasteiger partial charge in [0.1, 0.15) is 0 Å². The number of aromatic nitrogens is 3. The number of nitrogens with one attached hydrogen (secondary N) is 2. The van der Waals surface area contributed by atoms with Crippen LogP contribution >= 0.6 is 0 Å². The van der Waals surface area contributed by atoms with Gasteiger partial charge in [0.15, 0.2) is 10.7 Å². The Hall–Kier alpha value is -1.47. The fraction of sp³-hybridized carbons (Fsp3) is 0.143. The number of nitrogens with zero attached hydrogens (tertiary/aromatic N) is 2. The van der Waals surface area contributed by atoms with Crippen molar-refractivity contribution in [1.29, 1.82) is 0 Å². The summed E-state index contributed by atoms with van der Waals surface area (Å²) in [5.41, 5.74) is 0.390. The van der Waals surface area contributed by atoms with Gasteiger partial charge in [-0.15, -0.1) is 0 Å². The number of rotatable bonds is 2. The number of hydrogen-bond donors (Lipinski definition) is 2. The number of sulfonamides is 1. The lowest BCUT2D eigenvalue weighted by Crippen LogP contribution is -2.19. The lowest BCUT2D eigenvalue weighted by molar-refractivity contribution is 0.585. The maximum atomic E-state index is 11.5. The summed E-state index contributed by atoms with van der Waals surface area (Å²) in [5.74, 6) is 0. The molecule has 0 radical (unpaired) electrons. The van der Waals surface area contributed by atoms with Crippen molar-refractivity contribution >= 4 is 21.1 Å². The number of aromatic amines is 1. The van der Waals surface area contributed by atoms with Gasteiger partial charge >= 0.3 is 0 Å². The van der Waals surface area contributed by atoms with Crippen molar-refractivity contribution < 1.29 is 8.42 Å². The highest BCUT2D eigenvalue weighted by atomic mass is 32.2. The zero-order chi connectivity index (χ0) is 10.2. The van der Waals surface area contributed by atoms with E-state index < -0.39 is 10.0 Å². The van der Waals surface area contributed by atoms with Crippen LogP contribution < -0.4 is 4.72 Å². The van der Waals surface area contributed by atoms with Crippen LogP contribution in [0.15, 0.2) is 23.4 Å². The third kappa shape index (κ3) is 1.26. The van der Waals surface area contributed by atoms with Crippen LogP contribution in [0.4, 0.5) is 0 Å². The average Bonchev–Trinajstić information content (AvgIpc) is 2.61. The largest absolute Gasteiger partial charge is 0.263 e. The molecule has 14 heavy (non-hydrogen) atoms. The molecule has 0 spiro atoms. The van der Waals surface area contributed by atoms with Crippen molar-refractivity contribution in [3.8, 4) is 0 Å². The first kappa shape index (κ1) is 9.10. The van der Waals surface area contributed by atoms with Crippen LogP contribution in [-0.4, -0.2) is 30.6 Å². The lowest BCUT2D eigenvalue weighted by atomic mass is 10.4. The molecule has 0 fully saturated rings. The highest BCUT2D eigenvalue weighted by Gasteiger charge is 2.18. The first-order valence-electron chi connectivity index (χ1n) is 3.88. The van der Waals surface area contributed by atoms with E-state index in [0.29, 0.717) is 11.0 Å². The van der Waals surface area contributed by atoms with Crippen molar-refractivity contribution in [3.05, 3.63) is 18.3 Å². The Balaban J connectivity index is 2.77. The molecule has 0 unspecified atom stereocenters. The van der Waals surface area contributed by atoms with E-state index in [1.165, 1.54) is 7.05 Å². The van der Waals surface area contributed by atoms with E-state index in [-0.39, 0.29) is 5.03 Å². The standard InChI is InChI=1S/C7H8N4O2S/c1-8-14(12,13)7-5-3-2-4-9-6(5)10-11-7/h2-4,8H,1H3,(H,9,10,11). The fourth-order valence-electron chi connectivity index (χ4n) is 1.13. The Morgan fingerprint density at radius 3 is 3.00 bits per heavy atom. The summed E-state index contributed by atoms with van der Waals surface area (Å²) in [6, 6.07) is 3.31. The minimum absolute atomic E-state index is 0.0445. The molecule has 74 valence electrons. The molecular formula is C7H8N4O2S. The second-order valence-corrected chi connectivity index (χ2v) is 4.46. The molecule has 7 heteroatoms. The molecule has 0 aliphatic rings. The Bertz CT molecular complexity index is 560. The highest BCUT2D eigenvalue weighted by molar-refractivity contribution is 7.89. The second kappa shape index (κ2) is 3.03. The molecule has 0 amide bonds. The maximum absolute atomic E-state index is 11.5. The predicted octanol–water partition coefficient (Wildman–Crippen LogP) is -0.134. The topological polar surface area (TPSA) is 87.7 Å². The molecule has 2 heterocycles. The molecule has 2 aromatic rings. The summed E-state index contributed by atoms with van der Waals surface area (Å²) in [5, 5.41) is 6.75. The van der Waals surface area contributed by atoms with Gasteiger partial charge < -0.3 is 0 Å². The minimum Gasteiger partial charge on any atom is -0.263 e. The van der Waals surface area contributed by atoms with Gasteiger partial charge in [-0.3, -0.25) is 5.10 Å². The van der Waals surface area contributed by atoms with Crippen LogP contribution in [0.25, 0.3) is 11.0 Å². The number of hydrogen-bond acceptors (Lipinski definition) is 4. The van der Waals surface area contributed by atoms with Gasteiger partial charge in [0.25, 0.3) is 10.0 Å². The van der Waals surface area contributed by atoms with Crippen molar-refractivity contribution in [2.75, 3.05) is 7.05 Å². The van der Waals surface area contributed by atoms with Crippen LogP contribution in [0.3, 0.4) is 0 Å². The molecule has 0 aliphatic carbocycles. The molecule has 0 atom stereocenters. The first-order chi connectivity index (χ1) is 6.65. The zero-order valence-corrected chi connectivity index (χ0v) is 8.17. The lowest BCUT2D eigenvalue weighted by Gasteiger charge is -1.97. The Kier molecular flexibility index (Phi) is 1.97. The third-order valence-corrected chi connectivity index (χ3v) is 3.22. The van der Waals surface area contributed by atoms with E-state index in [1.54, 1.807) is 18.3 Å². The Labute approximate surface area is 80.4 Å². The molecule has 2 aromatic heterocycles. The Morgan fingerprint density at radius 1 is 1.50 bits per heavy atom. The van der Waals surface area contributed by atoms with Gasteiger partial charge in [0.2, 0.25) is 0 Å². The van der Waals surface area contributed by atoms with Gasteiger partial charge in [-0.1, -0.05) is 0 Å². The predicted molar refractivity (Wildman–Crippen MR) is 50.1 cm³/mol. The molecule has 0 aliphatic heterocycles. The minimum atomic E-state index is -3.49. The quantitative estimate of drug-likeness (QED) is 0.725. The SMILES string of the molecule is CNS(=O)(=O)c1[nH]nc2ncccc12. The maximum Gasteiger partial charge on any atom is 0.257 e. The normalized spacial score (nSPS) is 12.1. The average molecular weight is 212 g/mol. The van der Waals surface area contributed by atoms with Crippen LogP contribution in [0, 0.1) is 0 Å². The Morgan fingerprint density at radius 2 is 2.29 bits per heavy atom. The van der Waals surface area contributed by atoms with Crippen molar-refractivity contribution in [3.63, 3.8) is 0 Å². The first-order valence-corrected chi connectivity index (χ1v) is 5.36. The van der Waals surface area contributed by atoms with E-state index in [2.05, 4.69) is 19.9 Å². The van der Waals surface area contributed by atoms with E-state index >= 15 is 0 Å². The van der Waals surface area contributed by atoms with Gasteiger partial charge in [-0.05, 0) is 19.2 Å². The van der Waals surface area contributed by atoms with E-state index in [4.69, 9.17) is 0 Å². The van der Waals surface area contributed by atoms with Gasteiger partial charge in [0, 0.05) is 6.20 Å². The van der Waals surface area contributed by atoms with E-state index in [9.17, 15) is 8.42 Å². The zero-order valence-electron chi connectivity index (χ0n) is 7.35. The third-order valence-electron chi connectivity index (χ3n) is 1.83. The molecule has 6 nitrogen and oxygen atoms in total. The van der Waals surface area contributed by atoms with Crippen molar-refractivity contribution in [2.24, 2.45) is 0 Å². The molecular weight excluding hydrogens is 204 g/mol. The summed E-state index contributed by atoms with van der Waals surface area (Å²) in [4.78, 5) is 3.92. The molecule has 2 rings (SSSR count). The molecule has 0 saturated heterocycles.